The summed E-state index contributed by atoms with van der Waals surface area (Å²) in [5.74, 6) is 2.54. The molecule has 3 aromatic heterocycles. The largest absolute Gasteiger partial charge is 0.354 e. The Labute approximate surface area is 150 Å². The highest BCUT2D eigenvalue weighted by molar-refractivity contribution is 5.52. The molecular weight excluding hydrogens is 328 g/mol. The van der Waals surface area contributed by atoms with E-state index in [2.05, 4.69) is 26.1 Å². The molecule has 1 saturated heterocycles. The number of fused-ring (bicyclic) bond motifs is 4. The molecular formula is C19H20N6O. The Kier molecular flexibility index (Phi) is 3.41. The van der Waals surface area contributed by atoms with Gasteiger partial charge in [0, 0.05) is 56.8 Å². The van der Waals surface area contributed by atoms with E-state index in [4.69, 9.17) is 0 Å². The van der Waals surface area contributed by atoms with Crippen molar-refractivity contribution in [3.05, 3.63) is 58.8 Å². The Morgan fingerprint density at radius 3 is 2.77 bits per heavy atom. The van der Waals surface area contributed by atoms with Crippen LogP contribution < -0.4 is 10.5 Å². The molecule has 7 nitrogen and oxygen atoms in total. The smallest absolute Gasteiger partial charge is 0.250 e. The molecule has 1 fully saturated rings. The Hall–Kier alpha value is -2.96. The predicted octanol–water partition coefficient (Wildman–Crippen LogP) is 1.66. The lowest BCUT2D eigenvalue weighted by molar-refractivity contribution is 0.280. The van der Waals surface area contributed by atoms with Gasteiger partial charge < -0.3 is 14.0 Å². The fourth-order valence-corrected chi connectivity index (χ4v) is 4.31. The van der Waals surface area contributed by atoms with Crippen LogP contribution in [-0.2, 0) is 13.6 Å². The third-order valence-electron chi connectivity index (χ3n) is 5.50. The van der Waals surface area contributed by atoms with Crippen molar-refractivity contribution in [2.24, 2.45) is 13.0 Å². The van der Waals surface area contributed by atoms with Gasteiger partial charge >= 0.3 is 0 Å². The van der Waals surface area contributed by atoms with Crippen molar-refractivity contribution in [1.82, 2.24) is 24.3 Å². The second-order valence-corrected chi connectivity index (χ2v) is 7.24. The van der Waals surface area contributed by atoms with Crippen LogP contribution >= 0.6 is 0 Å². The van der Waals surface area contributed by atoms with Crippen LogP contribution in [-0.4, -0.2) is 37.4 Å². The summed E-state index contributed by atoms with van der Waals surface area (Å²) in [5.41, 5.74) is 2.04. The molecule has 0 spiro atoms. The van der Waals surface area contributed by atoms with Crippen molar-refractivity contribution >= 4 is 5.82 Å². The predicted molar refractivity (Wildman–Crippen MR) is 98.0 cm³/mol. The topological polar surface area (TPSA) is 68.8 Å². The second-order valence-electron chi connectivity index (χ2n) is 7.24. The molecule has 0 aliphatic carbocycles. The summed E-state index contributed by atoms with van der Waals surface area (Å²) < 4.78 is 3.88. The van der Waals surface area contributed by atoms with Gasteiger partial charge in [0.25, 0.3) is 5.56 Å². The average molecular weight is 348 g/mol. The Morgan fingerprint density at radius 1 is 1.08 bits per heavy atom. The third-order valence-corrected chi connectivity index (χ3v) is 5.50. The van der Waals surface area contributed by atoms with Crippen LogP contribution in [0.4, 0.5) is 5.82 Å². The first kappa shape index (κ1) is 15.3. The number of aryl methyl sites for hydroxylation is 1. The second kappa shape index (κ2) is 5.79. The summed E-state index contributed by atoms with van der Waals surface area (Å²) in [4.78, 5) is 18.8. The maximum Gasteiger partial charge on any atom is 0.250 e. The normalized spacial score (nSPS) is 21.5. The summed E-state index contributed by atoms with van der Waals surface area (Å²) in [6, 6.07) is 9.62. The minimum Gasteiger partial charge on any atom is -0.354 e. The van der Waals surface area contributed by atoms with Crippen LogP contribution in [0, 0.1) is 5.92 Å². The number of hydrogen-bond donors (Lipinski definition) is 0. The van der Waals surface area contributed by atoms with Crippen molar-refractivity contribution in [2.75, 3.05) is 18.0 Å². The van der Waals surface area contributed by atoms with E-state index in [1.165, 1.54) is 0 Å². The van der Waals surface area contributed by atoms with E-state index in [1.807, 2.05) is 40.6 Å². The molecule has 0 N–H and O–H groups in total. The van der Waals surface area contributed by atoms with E-state index in [9.17, 15) is 4.79 Å². The Morgan fingerprint density at radius 2 is 2.00 bits per heavy atom. The highest BCUT2D eigenvalue weighted by Crippen LogP contribution is 2.36. The fraction of sp³-hybridized carbons (Fsp3) is 0.368. The first-order chi connectivity index (χ1) is 12.7. The molecule has 0 radical (unpaired) electrons. The van der Waals surface area contributed by atoms with Crippen LogP contribution in [0.5, 0.6) is 0 Å². The first-order valence-corrected chi connectivity index (χ1v) is 8.95. The number of imidazole rings is 1. The fourth-order valence-electron chi connectivity index (χ4n) is 4.31. The van der Waals surface area contributed by atoms with E-state index >= 15 is 0 Å². The summed E-state index contributed by atoms with van der Waals surface area (Å²) in [6.45, 7) is 2.57. The van der Waals surface area contributed by atoms with Gasteiger partial charge in [-0.15, -0.1) is 10.2 Å². The molecule has 0 aromatic carbocycles. The van der Waals surface area contributed by atoms with E-state index in [0.717, 1.165) is 49.1 Å². The molecule has 5 heterocycles. The van der Waals surface area contributed by atoms with Gasteiger partial charge in [0.05, 0.1) is 0 Å². The Balaban J connectivity index is 1.42. The summed E-state index contributed by atoms with van der Waals surface area (Å²) >= 11 is 0. The van der Waals surface area contributed by atoms with E-state index < -0.39 is 0 Å². The molecule has 0 amide bonds. The minimum absolute atomic E-state index is 0.116. The van der Waals surface area contributed by atoms with Crippen LogP contribution in [0.1, 0.15) is 18.0 Å². The van der Waals surface area contributed by atoms with Gasteiger partial charge in [0.2, 0.25) is 0 Å². The maximum absolute atomic E-state index is 12.1. The lowest BCUT2D eigenvalue weighted by atomic mass is 9.83. The number of anilines is 1. The van der Waals surface area contributed by atoms with Crippen molar-refractivity contribution in [3.8, 4) is 11.5 Å². The quantitative estimate of drug-likeness (QED) is 0.705. The highest BCUT2D eigenvalue weighted by Gasteiger charge is 2.35. The molecule has 2 aliphatic heterocycles. The molecule has 0 saturated carbocycles. The van der Waals surface area contributed by atoms with Crippen LogP contribution in [0.25, 0.3) is 11.5 Å². The van der Waals surface area contributed by atoms with Gasteiger partial charge in [-0.1, -0.05) is 6.07 Å². The molecule has 2 atom stereocenters. The average Bonchev–Trinajstić information content (AvgIpc) is 3.09. The SMILES string of the molecule is Cn1ccnc1-c1ccc(N2C[C@@H]3C[C@@H](C2)c2cccc(=O)n2C3)nn1. The zero-order valence-electron chi connectivity index (χ0n) is 14.6. The molecule has 26 heavy (non-hydrogen) atoms. The first-order valence-electron chi connectivity index (χ1n) is 8.95. The number of hydrogen-bond acceptors (Lipinski definition) is 5. The molecule has 2 bridgehead atoms. The molecule has 7 heteroatoms. The van der Waals surface area contributed by atoms with Gasteiger partial charge in [-0.05, 0) is 30.5 Å². The maximum atomic E-state index is 12.1. The third kappa shape index (κ3) is 2.42. The summed E-state index contributed by atoms with van der Waals surface area (Å²) in [5, 5.41) is 8.83. The Bertz CT molecular complexity index is 1010. The molecule has 0 unspecified atom stereocenters. The number of aromatic nitrogens is 5. The lowest BCUT2D eigenvalue weighted by Crippen LogP contribution is -2.47. The van der Waals surface area contributed by atoms with Crippen molar-refractivity contribution < 1.29 is 0 Å². The standard InChI is InChI=1S/C19H20N6O/c1-23-8-7-20-19(23)15-5-6-17(22-21-15)24-10-13-9-14(12-24)16-3-2-4-18(26)25(16)11-13/h2-8,13-14H,9-12H2,1H3/t13-,14-/m0/s1. The zero-order valence-corrected chi connectivity index (χ0v) is 14.6. The number of piperidine rings is 1. The van der Waals surface area contributed by atoms with Crippen molar-refractivity contribution in [3.63, 3.8) is 0 Å². The van der Waals surface area contributed by atoms with Gasteiger partial charge in [-0.25, -0.2) is 4.98 Å². The van der Waals surface area contributed by atoms with Gasteiger partial charge in [-0.2, -0.15) is 0 Å². The highest BCUT2D eigenvalue weighted by atomic mass is 16.1. The van der Waals surface area contributed by atoms with E-state index in [-0.39, 0.29) is 5.56 Å². The van der Waals surface area contributed by atoms with Crippen LogP contribution in [0.15, 0.2) is 47.5 Å². The molecule has 2 aliphatic rings. The zero-order chi connectivity index (χ0) is 17.7. The number of pyridine rings is 1. The molecule has 5 rings (SSSR count). The number of rotatable bonds is 2. The summed E-state index contributed by atoms with van der Waals surface area (Å²) in [6.07, 6.45) is 4.80. The van der Waals surface area contributed by atoms with Crippen molar-refractivity contribution in [1.29, 1.82) is 0 Å². The molecule has 132 valence electrons. The molecule has 3 aromatic rings. The van der Waals surface area contributed by atoms with Crippen LogP contribution in [0.2, 0.25) is 0 Å². The van der Waals surface area contributed by atoms with Crippen molar-refractivity contribution in [2.45, 2.75) is 18.9 Å². The van der Waals surface area contributed by atoms with Gasteiger partial charge in [0.15, 0.2) is 11.6 Å². The van der Waals surface area contributed by atoms with Gasteiger partial charge in [0.1, 0.15) is 5.69 Å². The minimum atomic E-state index is 0.116. The lowest BCUT2D eigenvalue weighted by Gasteiger charge is -2.43. The van der Waals surface area contributed by atoms with Crippen LogP contribution in [0.3, 0.4) is 0 Å². The van der Waals surface area contributed by atoms with E-state index in [0.29, 0.717) is 11.8 Å². The monoisotopic (exact) mass is 348 g/mol. The number of nitrogens with zero attached hydrogens (tertiary/aromatic N) is 6. The van der Waals surface area contributed by atoms with E-state index in [1.54, 1.807) is 12.3 Å². The van der Waals surface area contributed by atoms with Gasteiger partial charge in [-0.3, -0.25) is 4.79 Å². The summed E-state index contributed by atoms with van der Waals surface area (Å²) in [7, 11) is 1.95.